The van der Waals surface area contributed by atoms with Crippen LogP contribution in [0.2, 0.25) is 0 Å². The molecule has 0 radical (unpaired) electrons. The number of nitrogens with one attached hydrogen (secondary N) is 2. The lowest BCUT2D eigenvalue weighted by molar-refractivity contribution is 0.0967. The second-order valence-electron chi connectivity index (χ2n) is 17.2. The van der Waals surface area contributed by atoms with Gasteiger partial charge < -0.3 is 25.4 Å². The van der Waals surface area contributed by atoms with Crippen LogP contribution in [-0.2, 0) is 37.9 Å². The first kappa shape index (κ1) is 49.2. The first-order valence-electron chi connectivity index (χ1n) is 22.1. The molecule has 0 amide bonds. The van der Waals surface area contributed by atoms with Gasteiger partial charge in [0.15, 0.2) is 11.6 Å². The van der Waals surface area contributed by atoms with E-state index in [1.807, 2.05) is 13.8 Å². The first-order chi connectivity index (χ1) is 34.1. The number of ketones is 2. The highest BCUT2D eigenvalue weighted by atomic mass is 19.1. The Kier molecular flexibility index (Phi) is 14.4. The van der Waals surface area contributed by atoms with E-state index in [4.69, 9.17) is 14.8 Å². The van der Waals surface area contributed by atoms with Crippen molar-refractivity contribution >= 4 is 34.8 Å². The third-order valence-corrected chi connectivity index (χ3v) is 11.8. The van der Waals surface area contributed by atoms with Gasteiger partial charge in [0.05, 0.1) is 45.7 Å². The number of halogens is 4. The summed E-state index contributed by atoms with van der Waals surface area (Å²) in [5.41, 5.74) is 9.36. The number of carbonyl (C=O) groups excluding carboxylic acids is 2. The summed E-state index contributed by atoms with van der Waals surface area (Å²) in [5.74, 6) is -0.115. The molecule has 2 aliphatic carbocycles. The number of rotatable bonds is 16. The number of carbonyl (C=O) groups is 2. The summed E-state index contributed by atoms with van der Waals surface area (Å²) in [6.45, 7) is 4.25. The van der Waals surface area contributed by atoms with E-state index in [2.05, 4.69) is 71.0 Å². The molecule has 2 aliphatic rings. The van der Waals surface area contributed by atoms with Gasteiger partial charge in [-0.1, -0.05) is 10.3 Å². The van der Waals surface area contributed by atoms with Gasteiger partial charge in [0.25, 0.3) is 0 Å². The van der Waals surface area contributed by atoms with Crippen LogP contribution in [0.3, 0.4) is 0 Å². The average molecular weight is 978 g/mol. The van der Waals surface area contributed by atoms with Gasteiger partial charge >= 0.3 is 0 Å². The molecule has 0 bridgehead atoms. The van der Waals surface area contributed by atoms with Crippen molar-refractivity contribution < 1.29 is 36.2 Å². The fraction of sp³-hybridized carbons (Fsp3) is 0.348. The Morgan fingerprint density at radius 2 is 1.15 bits per heavy atom. The molecule has 2 fully saturated rings. The van der Waals surface area contributed by atoms with E-state index in [0.29, 0.717) is 35.6 Å². The predicted octanol–water partition coefficient (Wildman–Crippen LogP) is 6.86. The second kappa shape index (κ2) is 20.8. The van der Waals surface area contributed by atoms with Gasteiger partial charge in [0, 0.05) is 46.4 Å². The van der Waals surface area contributed by atoms with Crippen LogP contribution in [0.4, 0.5) is 40.8 Å². The van der Waals surface area contributed by atoms with E-state index in [1.54, 1.807) is 60.4 Å². The molecule has 0 aliphatic heterocycles. The number of anilines is 4. The Hall–Kier alpha value is -8.22. The van der Waals surface area contributed by atoms with Gasteiger partial charge in [0.1, 0.15) is 37.6 Å². The van der Waals surface area contributed by atoms with Crippen molar-refractivity contribution in [2.45, 2.75) is 76.7 Å². The molecule has 0 spiro atoms. The fourth-order valence-electron chi connectivity index (χ4n) is 7.08. The predicted molar refractivity (Wildman–Crippen MR) is 246 cm³/mol. The van der Waals surface area contributed by atoms with Gasteiger partial charge in [0.2, 0.25) is 46.9 Å². The third-order valence-electron chi connectivity index (χ3n) is 11.8. The van der Waals surface area contributed by atoms with Crippen LogP contribution in [0.5, 0.6) is 0 Å². The maximum atomic E-state index is 15.0. The lowest BCUT2D eigenvalue weighted by atomic mass is 9.99. The average Bonchev–Trinajstić information content (AvgIpc) is 4.00. The molecular formula is C46H47F4N17O4. The van der Waals surface area contributed by atoms with Gasteiger partial charge in [-0.2, -0.15) is 30.1 Å². The molecule has 21 nitrogen and oxygen atoms in total. The van der Waals surface area contributed by atoms with Crippen LogP contribution in [0.1, 0.15) is 94.3 Å². The molecule has 6 aromatic heterocycles. The van der Waals surface area contributed by atoms with Gasteiger partial charge in [-0.25, -0.2) is 37.5 Å². The van der Waals surface area contributed by atoms with Gasteiger partial charge in [-0.15, -0.1) is 0 Å². The highest BCUT2D eigenvalue weighted by Gasteiger charge is 2.50. The Morgan fingerprint density at radius 3 is 1.58 bits per heavy atom. The minimum absolute atomic E-state index is 0.0368. The molecule has 2 aromatic carbocycles. The van der Waals surface area contributed by atoms with E-state index in [0.717, 1.165) is 35.2 Å². The lowest BCUT2D eigenvalue weighted by Gasteiger charge is -2.10. The number of benzene rings is 2. The van der Waals surface area contributed by atoms with Crippen molar-refractivity contribution in [2.75, 3.05) is 24.0 Å². The van der Waals surface area contributed by atoms with Crippen molar-refractivity contribution in [3.05, 3.63) is 119 Å². The number of nitrogens with zero attached hydrogens (tertiary/aromatic N) is 14. The van der Waals surface area contributed by atoms with Crippen LogP contribution >= 0.6 is 0 Å². The summed E-state index contributed by atoms with van der Waals surface area (Å²) in [7, 11) is 3.59. The highest BCUT2D eigenvalue weighted by Crippen LogP contribution is 2.48. The topological polar surface area (TPSA) is 275 Å². The normalized spacial score (nSPS) is 13.9. The molecular weight excluding hydrogens is 931 g/mol. The Balaban J connectivity index is 0.000000160. The van der Waals surface area contributed by atoms with Crippen molar-refractivity contribution in [1.82, 2.24) is 69.7 Å². The SMILES string of the molecule is CC(=O)c1noc(C2(CF)CC2)n1.Cc1cc(-c2ncnc(Nc3cnn(C)c3)n2)c(F)cc1CCC(=O)c1noc(C2(CF)CC2)n1.Cc1cc(-c2ncnc(Nc3cnn(C)c3)n2)c(F)cc1CN. The standard InChI is InChI=1S/C23H22F2N8O2.C15H16FN7.C8H9FN2O2/c1-13-7-16(19-26-12-27-22(31-19)29-15-9-28-33(2)10-15)17(25)8-14(13)3-4-18(34)20-30-21(35-32-20)23(11-24)5-6-23;1-9-3-12(13(16)4-10(9)5-17)14-18-8-19-15(22-14)21-11-6-20-23(2)7-11;1-5(12)6-10-7(13-11-6)8(4-9)2-3-8/h7-10,12H,3-6,11H2,1-2H3,(H,26,27,29,31);3-4,6-8H,5,17H2,1-2H3,(H,18,19,21,22);2-4H2,1H3. The molecule has 0 unspecified atom stereocenters. The summed E-state index contributed by atoms with van der Waals surface area (Å²) < 4.78 is 68.2. The molecule has 10 rings (SSSR count). The number of Topliss-reactive ketones (excluding diaryl/α,β-unsaturated/α-hetero) is 2. The van der Waals surface area contributed by atoms with Crippen molar-refractivity contribution in [3.8, 4) is 22.8 Å². The van der Waals surface area contributed by atoms with Crippen LogP contribution in [0, 0.1) is 25.5 Å². The molecule has 71 heavy (non-hydrogen) atoms. The van der Waals surface area contributed by atoms with E-state index >= 15 is 4.39 Å². The molecule has 25 heteroatoms. The number of aromatic nitrogens is 14. The zero-order valence-corrected chi connectivity index (χ0v) is 39.1. The minimum Gasteiger partial charge on any atom is -0.338 e. The highest BCUT2D eigenvalue weighted by molar-refractivity contribution is 5.92. The number of aryl methyl sites for hydroxylation is 5. The van der Waals surface area contributed by atoms with E-state index in [9.17, 15) is 22.8 Å². The van der Waals surface area contributed by atoms with E-state index < -0.39 is 35.8 Å². The van der Waals surface area contributed by atoms with Crippen molar-refractivity contribution in [1.29, 1.82) is 0 Å². The summed E-state index contributed by atoms with van der Waals surface area (Å²) >= 11 is 0. The Labute approximate surface area is 402 Å². The maximum absolute atomic E-state index is 15.0. The second-order valence-corrected chi connectivity index (χ2v) is 17.2. The van der Waals surface area contributed by atoms with Crippen LogP contribution in [0.25, 0.3) is 22.8 Å². The minimum atomic E-state index is -0.719. The van der Waals surface area contributed by atoms with Crippen LogP contribution in [-0.4, -0.2) is 94.7 Å². The maximum Gasteiger partial charge on any atom is 0.238 e. The Bertz CT molecular complexity index is 3200. The molecule has 0 atom stereocenters. The van der Waals surface area contributed by atoms with Crippen molar-refractivity contribution in [2.24, 2.45) is 19.8 Å². The summed E-state index contributed by atoms with van der Waals surface area (Å²) in [4.78, 5) is 56.1. The summed E-state index contributed by atoms with van der Waals surface area (Å²) in [5, 5.41) is 21.3. The monoisotopic (exact) mass is 977 g/mol. The fourth-order valence-corrected chi connectivity index (χ4v) is 7.08. The van der Waals surface area contributed by atoms with Crippen LogP contribution in [0.15, 0.2) is 70.8 Å². The Morgan fingerprint density at radius 1 is 0.690 bits per heavy atom. The number of alkyl halides is 2. The molecule has 8 aromatic rings. The van der Waals surface area contributed by atoms with Gasteiger partial charge in [-0.05, 0) is 92.5 Å². The summed E-state index contributed by atoms with van der Waals surface area (Å²) in [6, 6.07) is 6.13. The number of hydrogen-bond donors (Lipinski definition) is 3. The molecule has 0 saturated heterocycles. The lowest BCUT2D eigenvalue weighted by Crippen LogP contribution is -2.10. The third kappa shape index (κ3) is 11.5. The molecule has 4 N–H and O–H groups in total. The number of nitrogens with two attached hydrogens (primary N) is 1. The quantitative estimate of drug-likeness (QED) is 0.0659. The number of hydrogen-bond acceptors (Lipinski definition) is 19. The van der Waals surface area contributed by atoms with Gasteiger partial charge in [-0.3, -0.25) is 19.0 Å². The summed E-state index contributed by atoms with van der Waals surface area (Å²) in [6.07, 6.45) is 12.5. The van der Waals surface area contributed by atoms with E-state index in [1.165, 1.54) is 31.7 Å². The molecule has 6 heterocycles. The van der Waals surface area contributed by atoms with Crippen molar-refractivity contribution in [3.63, 3.8) is 0 Å². The molecule has 2 saturated carbocycles. The first-order valence-corrected chi connectivity index (χ1v) is 22.1. The van der Waals surface area contributed by atoms with Crippen LogP contribution < -0.4 is 16.4 Å². The van der Waals surface area contributed by atoms with E-state index in [-0.39, 0.29) is 77.5 Å². The molecule has 368 valence electrons. The zero-order chi connectivity index (χ0) is 50.5. The smallest absolute Gasteiger partial charge is 0.238 e. The zero-order valence-electron chi connectivity index (χ0n) is 39.1. The largest absolute Gasteiger partial charge is 0.338 e.